The van der Waals surface area contributed by atoms with E-state index in [2.05, 4.69) is 16.2 Å². The average Bonchev–Trinajstić information content (AvgIpc) is 3.20. The van der Waals surface area contributed by atoms with Crippen molar-refractivity contribution in [3.8, 4) is 11.8 Å². The fraction of sp³-hybridized carbons (Fsp3) is 0.222. The molecule has 9 heteroatoms. The molecule has 1 aromatic carbocycles. The predicted molar refractivity (Wildman–Crippen MR) is 98.1 cm³/mol. The monoisotopic (exact) mass is 384 g/mol. The Morgan fingerprint density at radius 2 is 2.07 bits per heavy atom. The number of nitrogens with zero attached hydrogens (tertiary/aromatic N) is 4. The number of rotatable bonds is 6. The lowest BCUT2D eigenvalue weighted by molar-refractivity contribution is -0.133. The van der Waals surface area contributed by atoms with Gasteiger partial charge in [-0.1, -0.05) is 11.3 Å². The summed E-state index contributed by atoms with van der Waals surface area (Å²) in [5.41, 5.74) is 1.45. The van der Waals surface area contributed by atoms with Crippen LogP contribution in [-0.4, -0.2) is 34.8 Å². The Kier molecular flexibility index (Phi) is 5.38. The molecule has 2 heterocycles. The van der Waals surface area contributed by atoms with Gasteiger partial charge in [0.25, 0.3) is 0 Å². The summed E-state index contributed by atoms with van der Waals surface area (Å²) in [5, 5.41) is 13.3. The Hall–Kier alpha value is -3.38. The lowest BCUT2D eigenvalue weighted by atomic mass is 10.2. The second kappa shape index (κ2) is 7.88. The molecule has 3 rings (SSSR count). The Bertz CT molecular complexity index is 1040. The van der Waals surface area contributed by atoms with Gasteiger partial charge in [-0.3, -0.25) is 0 Å². The fourth-order valence-corrected chi connectivity index (χ4v) is 3.52. The Morgan fingerprint density at radius 3 is 2.70 bits per heavy atom. The molecule has 2 aromatic heterocycles. The Balaban J connectivity index is 1.99. The van der Waals surface area contributed by atoms with Crippen molar-refractivity contribution in [2.45, 2.75) is 13.5 Å². The van der Waals surface area contributed by atoms with Crippen molar-refractivity contribution in [1.29, 1.82) is 5.26 Å². The summed E-state index contributed by atoms with van der Waals surface area (Å²) in [4.78, 5) is 17.8. The van der Waals surface area contributed by atoms with Gasteiger partial charge >= 0.3 is 5.97 Å². The van der Waals surface area contributed by atoms with Gasteiger partial charge in [-0.2, -0.15) is 10.4 Å². The molecule has 0 fully saturated rings. The zero-order valence-corrected chi connectivity index (χ0v) is 15.7. The van der Waals surface area contributed by atoms with Gasteiger partial charge in [0.15, 0.2) is 0 Å². The first-order valence-corrected chi connectivity index (χ1v) is 8.68. The Labute approximate surface area is 159 Å². The summed E-state index contributed by atoms with van der Waals surface area (Å²) < 4.78 is 17.4. The van der Waals surface area contributed by atoms with Gasteiger partial charge in [-0.15, -0.1) is 0 Å². The van der Waals surface area contributed by atoms with E-state index in [0.717, 1.165) is 0 Å². The molecule has 0 unspecified atom stereocenters. The van der Waals surface area contributed by atoms with Crippen LogP contribution in [0.1, 0.15) is 22.0 Å². The summed E-state index contributed by atoms with van der Waals surface area (Å²) in [5.74, 6) is 0.673. The number of nitriles is 1. The highest BCUT2D eigenvalue weighted by atomic mass is 32.1. The van der Waals surface area contributed by atoms with Crippen molar-refractivity contribution in [2.75, 3.05) is 14.2 Å². The number of carbonyl (C=O) groups excluding carboxylic acids is 1. The number of thiazole rings is 1. The van der Waals surface area contributed by atoms with Crippen molar-refractivity contribution in [3.05, 3.63) is 52.5 Å². The molecule has 0 saturated heterocycles. The SMILES string of the molecule is CO/C=C(/C(=O)OC)c1sc2nc(C)nn2c1COc1ccc(C#N)cc1. The van der Waals surface area contributed by atoms with Crippen LogP contribution in [0.3, 0.4) is 0 Å². The van der Waals surface area contributed by atoms with Gasteiger partial charge in [0.2, 0.25) is 4.96 Å². The van der Waals surface area contributed by atoms with E-state index in [0.29, 0.717) is 32.7 Å². The van der Waals surface area contributed by atoms with Crippen LogP contribution in [0.15, 0.2) is 30.5 Å². The maximum Gasteiger partial charge on any atom is 0.342 e. The van der Waals surface area contributed by atoms with Crippen LogP contribution in [0, 0.1) is 18.3 Å². The largest absolute Gasteiger partial charge is 0.503 e. The van der Waals surface area contributed by atoms with E-state index in [9.17, 15) is 4.79 Å². The molecular weight excluding hydrogens is 368 g/mol. The molecule has 0 N–H and O–H groups in total. The number of ether oxygens (including phenoxy) is 3. The number of hydrogen-bond donors (Lipinski definition) is 0. The summed E-state index contributed by atoms with van der Waals surface area (Å²) >= 11 is 1.29. The first-order valence-electron chi connectivity index (χ1n) is 7.87. The van der Waals surface area contributed by atoms with Gasteiger partial charge in [0.1, 0.15) is 29.4 Å². The Morgan fingerprint density at radius 1 is 1.33 bits per heavy atom. The molecule has 8 nitrogen and oxygen atoms in total. The lowest BCUT2D eigenvalue weighted by Crippen LogP contribution is -2.08. The number of hydrogen-bond acceptors (Lipinski definition) is 8. The number of carbonyl (C=O) groups is 1. The molecular formula is C18H16N4O4S. The lowest BCUT2D eigenvalue weighted by Gasteiger charge is -2.09. The summed E-state index contributed by atoms with van der Waals surface area (Å²) in [7, 11) is 2.76. The minimum absolute atomic E-state index is 0.141. The first-order chi connectivity index (χ1) is 13.1. The van der Waals surface area contributed by atoms with Gasteiger partial charge < -0.3 is 14.2 Å². The van der Waals surface area contributed by atoms with E-state index in [1.165, 1.54) is 31.8 Å². The molecule has 0 amide bonds. The molecule has 0 aliphatic carbocycles. The van der Waals surface area contributed by atoms with Gasteiger partial charge in [0.05, 0.1) is 37.0 Å². The number of aromatic nitrogens is 3. The zero-order chi connectivity index (χ0) is 19.4. The first kappa shape index (κ1) is 18.4. The van der Waals surface area contributed by atoms with E-state index in [1.807, 2.05) is 0 Å². The molecule has 0 saturated carbocycles. The molecule has 0 bridgehead atoms. The highest BCUT2D eigenvalue weighted by molar-refractivity contribution is 7.18. The van der Waals surface area contributed by atoms with E-state index in [1.54, 1.807) is 35.7 Å². The maximum absolute atomic E-state index is 12.2. The number of benzene rings is 1. The van der Waals surface area contributed by atoms with E-state index in [4.69, 9.17) is 19.5 Å². The fourth-order valence-electron chi connectivity index (χ4n) is 2.42. The highest BCUT2D eigenvalue weighted by Crippen LogP contribution is 2.31. The number of methoxy groups -OCH3 is 2. The van der Waals surface area contributed by atoms with Gasteiger partial charge in [0, 0.05) is 0 Å². The number of fused-ring (bicyclic) bond motifs is 1. The van der Waals surface area contributed by atoms with E-state index >= 15 is 0 Å². The normalized spacial score (nSPS) is 11.3. The third-order valence-electron chi connectivity index (χ3n) is 3.64. The number of esters is 1. The van der Waals surface area contributed by atoms with Crippen LogP contribution in [0.4, 0.5) is 0 Å². The maximum atomic E-state index is 12.2. The smallest absolute Gasteiger partial charge is 0.342 e. The topological polar surface area (TPSA) is 98.7 Å². The van der Waals surface area contributed by atoms with Crippen molar-refractivity contribution in [2.24, 2.45) is 0 Å². The van der Waals surface area contributed by atoms with Crippen molar-refractivity contribution >= 4 is 27.8 Å². The molecule has 27 heavy (non-hydrogen) atoms. The molecule has 0 aliphatic rings. The highest BCUT2D eigenvalue weighted by Gasteiger charge is 2.24. The van der Waals surface area contributed by atoms with Crippen LogP contribution in [-0.2, 0) is 20.9 Å². The second-order valence-electron chi connectivity index (χ2n) is 5.41. The van der Waals surface area contributed by atoms with Crippen molar-refractivity contribution in [1.82, 2.24) is 14.6 Å². The number of aryl methyl sites for hydroxylation is 1. The van der Waals surface area contributed by atoms with Crippen LogP contribution in [0.25, 0.3) is 10.5 Å². The average molecular weight is 384 g/mol. The third-order valence-corrected chi connectivity index (χ3v) is 4.75. The third kappa shape index (κ3) is 3.75. The van der Waals surface area contributed by atoms with Crippen LogP contribution in [0.5, 0.6) is 5.75 Å². The standard InChI is InChI=1S/C18H16N4O4S/c1-11-20-18-22(21-11)15(10-26-13-6-4-12(8-19)5-7-13)16(27-18)14(9-24-2)17(23)25-3/h4-7,9H,10H2,1-3H3/b14-9+. The second-order valence-corrected chi connectivity index (χ2v) is 6.39. The van der Waals surface area contributed by atoms with Crippen LogP contribution < -0.4 is 4.74 Å². The molecule has 138 valence electrons. The van der Waals surface area contributed by atoms with Crippen LogP contribution in [0.2, 0.25) is 0 Å². The predicted octanol–water partition coefficient (Wildman–Crippen LogP) is 2.71. The molecule has 0 aliphatic heterocycles. The minimum Gasteiger partial charge on any atom is -0.503 e. The van der Waals surface area contributed by atoms with E-state index in [-0.39, 0.29) is 12.2 Å². The molecule has 0 atom stereocenters. The zero-order valence-electron chi connectivity index (χ0n) is 14.9. The quantitative estimate of drug-likeness (QED) is 0.366. The van der Waals surface area contributed by atoms with Gasteiger partial charge in [-0.05, 0) is 31.2 Å². The minimum atomic E-state index is -0.530. The van der Waals surface area contributed by atoms with Crippen molar-refractivity contribution < 1.29 is 19.0 Å². The summed E-state index contributed by atoms with van der Waals surface area (Å²) in [6.07, 6.45) is 1.33. The molecule has 0 spiro atoms. The molecule has 3 aromatic rings. The van der Waals surface area contributed by atoms with Crippen molar-refractivity contribution in [3.63, 3.8) is 0 Å². The van der Waals surface area contributed by atoms with Crippen LogP contribution >= 0.6 is 11.3 Å². The summed E-state index contributed by atoms with van der Waals surface area (Å²) in [6.45, 7) is 1.93. The van der Waals surface area contributed by atoms with E-state index < -0.39 is 5.97 Å². The summed E-state index contributed by atoms with van der Waals surface area (Å²) in [6, 6.07) is 8.82. The molecule has 0 radical (unpaired) electrons. The van der Waals surface area contributed by atoms with Gasteiger partial charge in [-0.25, -0.2) is 14.3 Å².